The van der Waals surface area contributed by atoms with E-state index in [0.717, 1.165) is 42.9 Å². The summed E-state index contributed by atoms with van der Waals surface area (Å²) in [6.45, 7) is 1.71. The van der Waals surface area contributed by atoms with Crippen LogP contribution in [0.4, 0.5) is 5.69 Å². The Morgan fingerprint density at radius 1 is 1.14 bits per heavy atom. The molecule has 1 amide bonds. The Labute approximate surface area is 172 Å². The number of likely N-dealkylation sites (tertiary alicyclic amines) is 1. The maximum Gasteiger partial charge on any atom is 0.246 e. The SMILES string of the molecule is COc1ccc(N[C@H](C/C=C/C(=O)N2CCCCC2)c2ccc(C#N)cc2)cc1. The molecule has 0 spiro atoms. The van der Waals surface area contributed by atoms with E-state index in [9.17, 15) is 4.79 Å². The van der Waals surface area contributed by atoms with Crippen molar-refractivity contribution in [3.63, 3.8) is 0 Å². The monoisotopic (exact) mass is 389 g/mol. The zero-order valence-electron chi connectivity index (χ0n) is 16.8. The number of nitrogens with one attached hydrogen (secondary N) is 1. The molecule has 0 saturated carbocycles. The largest absolute Gasteiger partial charge is 0.497 e. The van der Waals surface area contributed by atoms with Crippen LogP contribution in [-0.2, 0) is 4.79 Å². The molecule has 1 N–H and O–H groups in total. The number of piperidine rings is 1. The fraction of sp³-hybridized carbons (Fsp3) is 0.333. The second-order valence-electron chi connectivity index (χ2n) is 7.18. The quantitative estimate of drug-likeness (QED) is 0.699. The first-order valence-corrected chi connectivity index (χ1v) is 10.1. The van der Waals surface area contributed by atoms with Crippen molar-refractivity contribution in [3.8, 4) is 11.8 Å². The molecular formula is C24H27N3O2. The third-order valence-corrected chi connectivity index (χ3v) is 5.17. The van der Waals surface area contributed by atoms with Gasteiger partial charge in [-0.3, -0.25) is 4.79 Å². The van der Waals surface area contributed by atoms with Gasteiger partial charge in [0.1, 0.15) is 5.75 Å². The second kappa shape index (κ2) is 10.3. The summed E-state index contributed by atoms with van der Waals surface area (Å²) >= 11 is 0. The zero-order valence-corrected chi connectivity index (χ0v) is 16.8. The summed E-state index contributed by atoms with van der Waals surface area (Å²) in [6, 6.07) is 17.5. The van der Waals surface area contributed by atoms with Gasteiger partial charge in [0.2, 0.25) is 5.91 Å². The molecule has 0 radical (unpaired) electrons. The molecule has 1 atom stereocenters. The first-order valence-electron chi connectivity index (χ1n) is 10.1. The fourth-order valence-electron chi connectivity index (χ4n) is 3.48. The number of anilines is 1. The van der Waals surface area contributed by atoms with Gasteiger partial charge in [0.15, 0.2) is 0 Å². The van der Waals surface area contributed by atoms with Crippen LogP contribution in [0, 0.1) is 11.3 Å². The van der Waals surface area contributed by atoms with Crippen molar-refractivity contribution >= 4 is 11.6 Å². The molecule has 1 heterocycles. The predicted molar refractivity (Wildman–Crippen MR) is 115 cm³/mol. The van der Waals surface area contributed by atoms with Crippen LogP contribution >= 0.6 is 0 Å². The van der Waals surface area contributed by atoms with Crippen molar-refractivity contribution in [2.24, 2.45) is 0 Å². The maximum absolute atomic E-state index is 12.4. The maximum atomic E-state index is 12.4. The van der Waals surface area contributed by atoms with Gasteiger partial charge in [-0.15, -0.1) is 0 Å². The molecule has 150 valence electrons. The Balaban J connectivity index is 1.71. The summed E-state index contributed by atoms with van der Waals surface area (Å²) in [5.41, 5.74) is 2.67. The lowest BCUT2D eigenvalue weighted by Crippen LogP contribution is -2.34. The third-order valence-electron chi connectivity index (χ3n) is 5.17. The van der Waals surface area contributed by atoms with Gasteiger partial charge >= 0.3 is 0 Å². The summed E-state index contributed by atoms with van der Waals surface area (Å²) in [5.74, 6) is 0.894. The number of ether oxygens (including phenoxy) is 1. The van der Waals surface area contributed by atoms with Crippen LogP contribution in [-0.4, -0.2) is 31.0 Å². The minimum absolute atomic E-state index is 0.0125. The predicted octanol–water partition coefficient (Wildman–Crippen LogP) is 4.68. The van der Waals surface area contributed by atoms with Crippen molar-refractivity contribution in [2.75, 3.05) is 25.5 Å². The lowest BCUT2D eigenvalue weighted by molar-refractivity contribution is -0.126. The summed E-state index contributed by atoms with van der Waals surface area (Å²) in [6.07, 6.45) is 7.69. The van der Waals surface area contributed by atoms with Crippen molar-refractivity contribution in [3.05, 3.63) is 71.8 Å². The number of rotatable bonds is 7. The molecule has 3 rings (SSSR count). The average molecular weight is 389 g/mol. The van der Waals surface area contributed by atoms with Crippen LogP contribution in [0.1, 0.15) is 42.9 Å². The first kappa shape index (κ1) is 20.5. The van der Waals surface area contributed by atoms with Crippen molar-refractivity contribution in [1.82, 2.24) is 4.90 Å². The second-order valence-corrected chi connectivity index (χ2v) is 7.18. The Morgan fingerprint density at radius 2 is 1.83 bits per heavy atom. The van der Waals surface area contributed by atoms with Gasteiger partial charge < -0.3 is 15.0 Å². The molecule has 0 aliphatic carbocycles. The molecule has 5 nitrogen and oxygen atoms in total. The first-order chi connectivity index (χ1) is 14.2. The van der Waals surface area contributed by atoms with Crippen LogP contribution < -0.4 is 10.1 Å². The van der Waals surface area contributed by atoms with E-state index in [1.807, 2.05) is 59.5 Å². The molecule has 1 aliphatic rings. The molecule has 2 aromatic rings. The summed E-state index contributed by atoms with van der Waals surface area (Å²) in [7, 11) is 1.64. The van der Waals surface area contributed by atoms with Gasteiger partial charge in [-0.2, -0.15) is 5.26 Å². The Bertz CT molecular complexity index is 860. The van der Waals surface area contributed by atoms with Gasteiger partial charge in [0, 0.05) is 18.8 Å². The van der Waals surface area contributed by atoms with E-state index in [4.69, 9.17) is 10.00 Å². The van der Waals surface area contributed by atoms with E-state index in [2.05, 4.69) is 11.4 Å². The van der Waals surface area contributed by atoms with Gasteiger partial charge in [0.25, 0.3) is 0 Å². The highest BCUT2D eigenvalue weighted by molar-refractivity contribution is 5.87. The van der Waals surface area contributed by atoms with E-state index >= 15 is 0 Å². The molecule has 0 unspecified atom stereocenters. The van der Waals surface area contributed by atoms with Crippen molar-refractivity contribution in [2.45, 2.75) is 31.7 Å². The van der Waals surface area contributed by atoms with Crippen LogP contribution in [0.15, 0.2) is 60.7 Å². The fourth-order valence-corrected chi connectivity index (χ4v) is 3.48. The molecule has 1 saturated heterocycles. The Morgan fingerprint density at radius 3 is 2.45 bits per heavy atom. The summed E-state index contributed by atoms with van der Waals surface area (Å²) in [4.78, 5) is 14.3. The number of amides is 1. The molecule has 2 aromatic carbocycles. The van der Waals surface area contributed by atoms with Crippen LogP contribution in [0.5, 0.6) is 5.75 Å². The van der Waals surface area contributed by atoms with Gasteiger partial charge in [-0.05, 0) is 73.7 Å². The standard InChI is InChI=1S/C24H27N3O2/c1-29-22-14-12-21(13-15-22)26-23(20-10-8-19(18-25)9-11-20)6-5-7-24(28)27-16-3-2-4-17-27/h5,7-15,23,26H,2-4,6,16-17H2,1H3/b7-5+/t23-/m1/s1. The number of carbonyl (C=O) groups is 1. The van der Waals surface area contributed by atoms with Crippen LogP contribution in [0.25, 0.3) is 0 Å². The number of methoxy groups -OCH3 is 1. The van der Waals surface area contributed by atoms with Crippen molar-refractivity contribution < 1.29 is 9.53 Å². The minimum atomic E-state index is -0.0125. The molecular weight excluding hydrogens is 362 g/mol. The summed E-state index contributed by atoms with van der Waals surface area (Å²) < 4.78 is 5.22. The lowest BCUT2D eigenvalue weighted by Gasteiger charge is -2.25. The van der Waals surface area contributed by atoms with Crippen molar-refractivity contribution in [1.29, 1.82) is 5.26 Å². The third kappa shape index (κ3) is 5.86. The van der Waals surface area contributed by atoms with Gasteiger partial charge in [-0.25, -0.2) is 0 Å². The van der Waals surface area contributed by atoms with E-state index in [1.165, 1.54) is 6.42 Å². The number of carbonyl (C=O) groups excluding carboxylic acids is 1. The molecule has 1 aliphatic heterocycles. The minimum Gasteiger partial charge on any atom is -0.497 e. The van der Waals surface area contributed by atoms with Crippen LogP contribution in [0.3, 0.4) is 0 Å². The van der Waals surface area contributed by atoms with Crippen LogP contribution in [0.2, 0.25) is 0 Å². The molecule has 1 fully saturated rings. The number of hydrogen-bond acceptors (Lipinski definition) is 4. The van der Waals surface area contributed by atoms with Gasteiger partial charge in [-0.1, -0.05) is 18.2 Å². The summed E-state index contributed by atoms with van der Waals surface area (Å²) in [5, 5.41) is 12.6. The Kier molecular flexibility index (Phi) is 7.29. The highest BCUT2D eigenvalue weighted by atomic mass is 16.5. The van der Waals surface area contributed by atoms with E-state index in [1.54, 1.807) is 13.2 Å². The topological polar surface area (TPSA) is 65.4 Å². The Hall–Kier alpha value is -3.26. The highest BCUT2D eigenvalue weighted by Crippen LogP contribution is 2.25. The van der Waals surface area contributed by atoms with E-state index < -0.39 is 0 Å². The van der Waals surface area contributed by atoms with Gasteiger partial charge in [0.05, 0.1) is 24.8 Å². The zero-order chi connectivity index (χ0) is 20.5. The molecule has 29 heavy (non-hydrogen) atoms. The molecule has 5 heteroatoms. The lowest BCUT2D eigenvalue weighted by atomic mass is 10.0. The number of nitrogens with zero attached hydrogens (tertiary/aromatic N) is 2. The highest BCUT2D eigenvalue weighted by Gasteiger charge is 2.15. The smallest absolute Gasteiger partial charge is 0.246 e. The van der Waals surface area contributed by atoms with E-state index in [0.29, 0.717) is 12.0 Å². The normalized spacial score (nSPS) is 15.0. The number of hydrogen-bond donors (Lipinski definition) is 1. The van der Waals surface area contributed by atoms with E-state index in [-0.39, 0.29) is 11.9 Å². The number of nitriles is 1. The molecule has 0 aromatic heterocycles. The average Bonchev–Trinajstić information content (AvgIpc) is 2.79. The number of benzene rings is 2. The molecule has 0 bridgehead atoms.